The molecule has 0 aliphatic carbocycles. The summed E-state index contributed by atoms with van der Waals surface area (Å²) in [6.45, 7) is 0. The summed E-state index contributed by atoms with van der Waals surface area (Å²) in [6.07, 6.45) is 0.0503. The largest absolute Gasteiger partial charge is 0.481 e. The lowest BCUT2D eigenvalue weighted by atomic mass is 10.6. The van der Waals surface area contributed by atoms with Crippen LogP contribution in [0.5, 0.6) is 0 Å². The number of hydrogen-bond donors (Lipinski definition) is 2. The van der Waals surface area contributed by atoms with Crippen LogP contribution in [0.2, 0.25) is 0 Å². The second kappa shape index (κ2) is 2.94. The smallest absolute Gasteiger partial charge is 0.309 e. The van der Waals surface area contributed by atoms with E-state index in [2.05, 4.69) is 4.98 Å². The fourth-order valence-electron chi connectivity index (χ4n) is 1.39. The summed E-state index contributed by atoms with van der Waals surface area (Å²) in [5.74, 6) is -0.813. The van der Waals surface area contributed by atoms with Crippen molar-refractivity contribution in [1.82, 2.24) is 4.98 Å². The number of carboxylic acids is 1. The lowest BCUT2D eigenvalue weighted by Crippen LogP contribution is -1.99. The molecule has 0 radical (unpaired) electrons. The number of aromatic nitrogens is 1. The first-order valence-electron chi connectivity index (χ1n) is 4.04. The second-order valence-corrected chi connectivity index (χ2v) is 2.95. The average Bonchev–Trinajstić information content (AvgIpc) is 2.44. The monoisotopic (exact) mass is 181 g/mol. The van der Waals surface area contributed by atoms with Crippen molar-refractivity contribution in [3.8, 4) is 0 Å². The maximum absolute atomic E-state index is 10.4. The highest BCUT2D eigenvalue weighted by Gasteiger charge is 2.03. The summed E-state index contributed by atoms with van der Waals surface area (Å²) >= 11 is 0. The molecule has 13 heavy (non-hydrogen) atoms. The Labute approximate surface area is 75.0 Å². The van der Waals surface area contributed by atoms with Crippen LogP contribution in [0.15, 0.2) is 30.3 Å². The number of aliphatic carboxylic acids is 1. The number of carbonyl (C=O) groups is 1. The normalized spacial score (nSPS) is 10.5. The van der Waals surface area contributed by atoms with Crippen LogP contribution in [-0.2, 0) is 11.2 Å². The Bertz CT molecular complexity index is 412. The van der Waals surface area contributed by atoms with Crippen LogP contribution in [-0.4, -0.2) is 16.1 Å². The van der Waals surface area contributed by atoms with Crippen LogP contribution >= 0.6 is 0 Å². The van der Waals surface area contributed by atoms with Gasteiger partial charge in [-0.25, -0.2) is 0 Å². The maximum atomic E-state index is 10.4. The molecule has 2 N–H and O–H groups in total. The van der Waals surface area contributed by atoms with Gasteiger partial charge in [0, 0.05) is 11.2 Å². The molecule has 0 aliphatic rings. The minimum Gasteiger partial charge on any atom is -0.481 e. The highest BCUT2D eigenvalue weighted by Crippen LogP contribution is 2.14. The van der Waals surface area contributed by atoms with Gasteiger partial charge in [-0.15, -0.1) is 0 Å². The summed E-state index contributed by atoms with van der Waals surface area (Å²) in [6, 6.07) is 9.60. The number of H-pyrrole nitrogens is 1. The molecule has 0 unspecified atom stereocenters. The average molecular weight is 181 g/mol. The molecule has 0 spiro atoms. The van der Waals surface area contributed by atoms with E-state index in [1.54, 1.807) is 0 Å². The van der Waals surface area contributed by atoms with Crippen molar-refractivity contribution in [2.75, 3.05) is 0 Å². The van der Waals surface area contributed by atoms with Crippen LogP contribution < -0.4 is 0 Å². The van der Waals surface area contributed by atoms with E-state index in [9.17, 15) is 4.79 Å². The Balaban J connectivity index is 2.44. The van der Waals surface area contributed by atoms with Gasteiger partial charge < -0.3 is 10.1 Å². The molecule has 2 aromatic rings. The lowest BCUT2D eigenvalue weighted by molar-refractivity contribution is -0.136. The third-order valence-electron chi connectivity index (χ3n) is 1.93. The van der Waals surface area contributed by atoms with Gasteiger partial charge in [-0.05, 0) is 17.5 Å². The first-order valence-corrected chi connectivity index (χ1v) is 4.04. The molecular formula is C10H9NO2. The first kappa shape index (κ1) is 7.86. The van der Waals surface area contributed by atoms with Gasteiger partial charge in [-0.1, -0.05) is 18.2 Å². The summed E-state index contributed by atoms with van der Waals surface area (Å²) in [5.41, 5.74) is 1.73. The highest BCUT2D eigenvalue weighted by molar-refractivity contribution is 5.82. The molecule has 3 nitrogen and oxygen atoms in total. The number of para-hydroxylation sites is 1. The SMILES string of the molecule is O=C(O)C[13c]1[13cH][13c]2[13cH][13cH][13cH]cc2[nH]1. The van der Waals surface area contributed by atoms with Crippen molar-refractivity contribution in [3.05, 3.63) is 36.0 Å². The van der Waals surface area contributed by atoms with Crippen LogP contribution in [0.25, 0.3) is 10.9 Å². The fraction of sp³-hybridized carbons (Fsp3) is 0.100. The van der Waals surface area contributed by atoms with Crippen molar-refractivity contribution >= 4 is 16.9 Å². The van der Waals surface area contributed by atoms with Crippen molar-refractivity contribution in [3.63, 3.8) is 0 Å². The molecule has 1 heterocycles. The highest BCUT2D eigenvalue weighted by atomic mass is 16.4. The van der Waals surface area contributed by atoms with E-state index in [0.29, 0.717) is 0 Å². The Kier molecular flexibility index (Phi) is 1.77. The Hall–Kier alpha value is -1.77. The molecule has 1 aromatic heterocycles. The van der Waals surface area contributed by atoms with E-state index < -0.39 is 5.97 Å². The molecule has 1 aromatic carbocycles. The quantitative estimate of drug-likeness (QED) is 0.742. The van der Waals surface area contributed by atoms with Crippen molar-refractivity contribution in [1.29, 1.82) is 0 Å². The van der Waals surface area contributed by atoms with Crippen molar-refractivity contribution < 1.29 is 9.90 Å². The molecule has 0 aliphatic heterocycles. The van der Waals surface area contributed by atoms with Gasteiger partial charge in [0.15, 0.2) is 0 Å². The van der Waals surface area contributed by atoms with Crippen LogP contribution in [0, 0.1) is 0 Å². The van der Waals surface area contributed by atoms with Gasteiger partial charge >= 0.3 is 5.97 Å². The molecule has 0 amide bonds. The summed E-state index contributed by atoms with van der Waals surface area (Å²) in [4.78, 5) is 13.5. The third-order valence-corrected chi connectivity index (χ3v) is 1.93. The zero-order chi connectivity index (χ0) is 9.26. The summed E-state index contributed by atoms with van der Waals surface area (Å²) in [7, 11) is 0. The zero-order valence-corrected chi connectivity index (χ0v) is 6.95. The van der Waals surface area contributed by atoms with Gasteiger partial charge in [0.1, 0.15) is 0 Å². The Morgan fingerprint density at radius 2 is 2.15 bits per heavy atom. The predicted molar refractivity (Wildman–Crippen MR) is 49.6 cm³/mol. The molecule has 0 bridgehead atoms. The predicted octanol–water partition coefficient (Wildman–Crippen LogP) is 1.79. The minimum absolute atomic E-state index is 0.0503. The van der Waals surface area contributed by atoms with E-state index in [1.165, 1.54) is 0 Å². The Morgan fingerprint density at radius 3 is 2.85 bits per heavy atom. The van der Waals surface area contributed by atoms with Crippen LogP contribution in [0.1, 0.15) is 5.69 Å². The molecular weight excluding hydrogens is 172 g/mol. The molecule has 0 atom stereocenters. The number of carboxylic acid groups (broad SMARTS) is 1. The topological polar surface area (TPSA) is 53.1 Å². The van der Waals surface area contributed by atoms with E-state index in [-0.39, 0.29) is 6.42 Å². The van der Waals surface area contributed by atoms with E-state index in [0.717, 1.165) is 16.6 Å². The molecule has 2 rings (SSSR count). The van der Waals surface area contributed by atoms with Gasteiger partial charge in [0.05, 0.1) is 6.42 Å². The number of rotatable bonds is 2. The molecule has 0 saturated carbocycles. The van der Waals surface area contributed by atoms with E-state index >= 15 is 0 Å². The van der Waals surface area contributed by atoms with E-state index in [4.69, 9.17) is 5.11 Å². The standard InChI is InChI=1S/C10H9NO2/c12-10(13)6-8-5-7-3-1-2-4-9(7)11-8/h1-5,11H,6H2,(H,12,13)/i1+1,2+1,3+1,5+1,7+1,8+1. The van der Waals surface area contributed by atoms with Gasteiger partial charge in [-0.3, -0.25) is 4.79 Å². The number of nitrogens with one attached hydrogen (secondary N) is 1. The molecule has 3 heteroatoms. The molecule has 0 fully saturated rings. The molecule has 0 saturated heterocycles. The third kappa shape index (κ3) is 1.54. The van der Waals surface area contributed by atoms with Gasteiger partial charge in [0.2, 0.25) is 0 Å². The maximum Gasteiger partial charge on any atom is 0.309 e. The number of aromatic amines is 1. The summed E-state index contributed by atoms with van der Waals surface area (Å²) < 4.78 is 0. The zero-order valence-electron chi connectivity index (χ0n) is 6.95. The second-order valence-electron chi connectivity index (χ2n) is 2.95. The Morgan fingerprint density at radius 1 is 1.38 bits per heavy atom. The van der Waals surface area contributed by atoms with Gasteiger partial charge in [0.25, 0.3) is 0 Å². The number of benzene rings is 1. The van der Waals surface area contributed by atoms with Crippen molar-refractivity contribution in [2.24, 2.45) is 0 Å². The van der Waals surface area contributed by atoms with Gasteiger partial charge in [-0.2, -0.15) is 0 Å². The number of fused-ring (bicyclic) bond motifs is 1. The minimum atomic E-state index is -0.813. The lowest BCUT2D eigenvalue weighted by Gasteiger charge is -1.88. The van der Waals surface area contributed by atoms with Crippen LogP contribution in [0.4, 0.5) is 0 Å². The first-order chi connectivity index (χ1) is 6.25. The number of hydrogen-bond acceptors (Lipinski definition) is 1. The summed E-state index contributed by atoms with van der Waals surface area (Å²) in [5, 5.41) is 9.63. The van der Waals surface area contributed by atoms with Crippen LogP contribution in [0.3, 0.4) is 0 Å². The fourth-order valence-corrected chi connectivity index (χ4v) is 1.39. The molecule has 66 valence electrons. The van der Waals surface area contributed by atoms with Crippen molar-refractivity contribution in [2.45, 2.75) is 6.42 Å². The van der Waals surface area contributed by atoms with E-state index in [1.807, 2.05) is 30.3 Å².